The molecule has 0 atom stereocenters. The highest BCUT2D eigenvalue weighted by molar-refractivity contribution is 9.10. The van der Waals surface area contributed by atoms with Gasteiger partial charge in [-0.2, -0.15) is 0 Å². The molecule has 0 bridgehead atoms. The minimum atomic E-state index is 0.00872. The number of nitrogens with zero attached hydrogens (tertiary/aromatic N) is 1. The van der Waals surface area contributed by atoms with Crippen molar-refractivity contribution < 1.29 is 9.84 Å². The summed E-state index contributed by atoms with van der Waals surface area (Å²) in [6.07, 6.45) is 4.56. The summed E-state index contributed by atoms with van der Waals surface area (Å²) in [6.45, 7) is 0.583. The SMILES string of the molecule is OCc1ccc(Br)c(OCCc2ccc(-c3cccc4ccncc34)cc2)c1. The fourth-order valence-electron chi connectivity index (χ4n) is 3.25. The maximum Gasteiger partial charge on any atom is 0.133 e. The molecule has 4 aromatic rings. The second-order valence-corrected chi connectivity index (χ2v) is 7.47. The molecule has 0 unspecified atom stereocenters. The third-order valence-corrected chi connectivity index (χ3v) is 5.43. The van der Waals surface area contributed by atoms with Crippen molar-refractivity contribution in [1.82, 2.24) is 4.98 Å². The van der Waals surface area contributed by atoms with Gasteiger partial charge in [-0.25, -0.2) is 0 Å². The van der Waals surface area contributed by atoms with Gasteiger partial charge < -0.3 is 9.84 Å². The quantitative estimate of drug-likeness (QED) is 0.419. The summed E-state index contributed by atoms with van der Waals surface area (Å²) in [7, 11) is 0. The van der Waals surface area contributed by atoms with E-state index in [1.54, 1.807) is 0 Å². The van der Waals surface area contributed by atoms with Crippen LogP contribution in [-0.4, -0.2) is 16.7 Å². The van der Waals surface area contributed by atoms with Gasteiger partial charge in [-0.15, -0.1) is 0 Å². The van der Waals surface area contributed by atoms with Gasteiger partial charge in [0, 0.05) is 24.2 Å². The van der Waals surface area contributed by atoms with Crippen molar-refractivity contribution >= 4 is 26.7 Å². The number of hydrogen-bond donors (Lipinski definition) is 1. The number of aliphatic hydroxyl groups is 1. The van der Waals surface area contributed by atoms with Crippen LogP contribution in [0.5, 0.6) is 5.75 Å². The fraction of sp³-hybridized carbons (Fsp3) is 0.125. The third kappa shape index (κ3) is 4.08. The molecular weight excluding hydrogens is 414 g/mol. The summed E-state index contributed by atoms with van der Waals surface area (Å²) >= 11 is 3.49. The monoisotopic (exact) mass is 433 g/mol. The molecule has 0 spiro atoms. The summed E-state index contributed by atoms with van der Waals surface area (Å²) in [5.41, 5.74) is 4.43. The molecule has 1 aromatic heterocycles. The second kappa shape index (κ2) is 8.55. The molecule has 4 rings (SSSR count). The summed E-state index contributed by atoms with van der Waals surface area (Å²) in [6, 6.07) is 22.6. The zero-order valence-corrected chi connectivity index (χ0v) is 16.9. The van der Waals surface area contributed by atoms with Crippen LogP contribution in [0.3, 0.4) is 0 Å². The molecular formula is C24H20BrNO2. The molecule has 0 aliphatic rings. The van der Waals surface area contributed by atoms with Crippen LogP contribution in [-0.2, 0) is 13.0 Å². The highest BCUT2D eigenvalue weighted by atomic mass is 79.9. The molecule has 1 heterocycles. The van der Waals surface area contributed by atoms with Crippen molar-refractivity contribution in [2.75, 3.05) is 6.61 Å². The first kappa shape index (κ1) is 18.7. The molecule has 0 saturated heterocycles. The largest absolute Gasteiger partial charge is 0.492 e. The second-order valence-electron chi connectivity index (χ2n) is 6.62. The molecule has 4 heteroatoms. The molecule has 0 fully saturated rings. The molecule has 28 heavy (non-hydrogen) atoms. The smallest absolute Gasteiger partial charge is 0.133 e. The molecule has 0 aliphatic heterocycles. The molecule has 3 aromatic carbocycles. The maximum absolute atomic E-state index is 9.27. The van der Waals surface area contributed by atoms with Crippen molar-refractivity contribution in [3.05, 3.63) is 94.7 Å². The minimum absolute atomic E-state index is 0.00872. The lowest BCUT2D eigenvalue weighted by Gasteiger charge is -2.10. The van der Waals surface area contributed by atoms with E-state index in [0.29, 0.717) is 6.61 Å². The van der Waals surface area contributed by atoms with Gasteiger partial charge in [-0.1, -0.05) is 48.5 Å². The zero-order chi connectivity index (χ0) is 19.3. The Balaban J connectivity index is 1.45. The van der Waals surface area contributed by atoms with E-state index < -0.39 is 0 Å². The Labute approximate surface area is 172 Å². The molecule has 0 saturated carbocycles. The lowest BCUT2D eigenvalue weighted by molar-refractivity contribution is 0.279. The van der Waals surface area contributed by atoms with E-state index in [9.17, 15) is 5.11 Å². The topological polar surface area (TPSA) is 42.4 Å². The number of benzene rings is 3. The van der Waals surface area contributed by atoms with Gasteiger partial charge in [0.15, 0.2) is 0 Å². The Morgan fingerprint density at radius 3 is 2.57 bits per heavy atom. The van der Waals surface area contributed by atoms with Gasteiger partial charge >= 0.3 is 0 Å². The van der Waals surface area contributed by atoms with Crippen molar-refractivity contribution in [3.63, 3.8) is 0 Å². The molecule has 140 valence electrons. The Morgan fingerprint density at radius 2 is 1.75 bits per heavy atom. The normalized spacial score (nSPS) is 10.9. The van der Waals surface area contributed by atoms with Gasteiger partial charge in [-0.05, 0) is 61.8 Å². The van der Waals surface area contributed by atoms with Crippen LogP contribution >= 0.6 is 15.9 Å². The van der Waals surface area contributed by atoms with Crippen LogP contribution in [0.2, 0.25) is 0 Å². The Hall–Kier alpha value is -2.69. The van der Waals surface area contributed by atoms with Crippen molar-refractivity contribution in [2.24, 2.45) is 0 Å². The number of halogens is 1. The van der Waals surface area contributed by atoms with E-state index in [1.807, 2.05) is 36.7 Å². The first-order chi connectivity index (χ1) is 13.7. The van der Waals surface area contributed by atoms with Crippen LogP contribution in [0, 0.1) is 0 Å². The number of ether oxygens (including phenoxy) is 1. The summed E-state index contributed by atoms with van der Waals surface area (Å²) in [4.78, 5) is 4.27. The lowest BCUT2D eigenvalue weighted by atomic mass is 9.98. The average Bonchev–Trinajstić information content (AvgIpc) is 2.75. The van der Waals surface area contributed by atoms with Crippen molar-refractivity contribution in [3.8, 4) is 16.9 Å². The van der Waals surface area contributed by atoms with Crippen LogP contribution in [0.25, 0.3) is 21.9 Å². The first-order valence-electron chi connectivity index (χ1n) is 9.19. The Kier molecular flexibility index (Phi) is 5.70. The Bertz CT molecular complexity index is 1090. The standard InChI is InChI=1S/C24H20BrNO2/c25-23-9-6-18(16-27)14-24(23)28-13-11-17-4-7-20(8-5-17)21-3-1-2-19-10-12-26-15-22(19)21/h1-10,12,14-15,27H,11,13,16H2. The highest BCUT2D eigenvalue weighted by Crippen LogP contribution is 2.29. The third-order valence-electron chi connectivity index (χ3n) is 4.78. The van der Waals surface area contributed by atoms with Gasteiger partial charge in [0.25, 0.3) is 0 Å². The molecule has 0 amide bonds. The zero-order valence-electron chi connectivity index (χ0n) is 15.3. The van der Waals surface area contributed by atoms with E-state index in [1.165, 1.54) is 22.1 Å². The maximum atomic E-state index is 9.27. The Morgan fingerprint density at radius 1 is 0.929 bits per heavy atom. The number of hydrogen-bond acceptors (Lipinski definition) is 3. The van der Waals surface area contributed by atoms with E-state index >= 15 is 0 Å². The predicted molar refractivity (Wildman–Crippen MR) is 116 cm³/mol. The summed E-state index contributed by atoms with van der Waals surface area (Å²) < 4.78 is 6.78. The average molecular weight is 434 g/mol. The van der Waals surface area contributed by atoms with E-state index in [-0.39, 0.29) is 6.61 Å². The summed E-state index contributed by atoms with van der Waals surface area (Å²) in [5, 5.41) is 11.6. The lowest BCUT2D eigenvalue weighted by Crippen LogP contribution is -2.02. The van der Waals surface area contributed by atoms with Gasteiger partial charge in [-0.3, -0.25) is 4.98 Å². The molecule has 1 N–H and O–H groups in total. The number of pyridine rings is 1. The predicted octanol–water partition coefficient (Wildman–Crippen LogP) is 5.78. The summed E-state index contributed by atoms with van der Waals surface area (Å²) in [5.74, 6) is 0.756. The van der Waals surface area contributed by atoms with Crippen molar-refractivity contribution in [2.45, 2.75) is 13.0 Å². The number of aromatic nitrogens is 1. The van der Waals surface area contributed by atoms with Gasteiger partial charge in [0.2, 0.25) is 0 Å². The molecule has 0 aliphatic carbocycles. The van der Waals surface area contributed by atoms with E-state index in [2.05, 4.69) is 63.4 Å². The number of rotatable bonds is 6. The fourth-order valence-corrected chi connectivity index (χ4v) is 3.61. The van der Waals surface area contributed by atoms with Crippen LogP contribution < -0.4 is 4.74 Å². The van der Waals surface area contributed by atoms with Gasteiger partial charge in [0.05, 0.1) is 17.7 Å². The van der Waals surface area contributed by atoms with Crippen LogP contribution in [0.1, 0.15) is 11.1 Å². The molecule has 3 nitrogen and oxygen atoms in total. The van der Waals surface area contributed by atoms with Crippen LogP contribution in [0.15, 0.2) is 83.6 Å². The minimum Gasteiger partial charge on any atom is -0.492 e. The van der Waals surface area contributed by atoms with E-state index in [4.69, 9.17) is 4.74 Å². The van der Waals surface area contributed by atoms with Crippen LogP contribution in [0.4, 0.5) is 0 Å². The first-order valence-corrected chi connectivity index (χ1v) is 9.98. The van der Waals surface area contributed by atoms with E-state index in [0.717, 1.165) is 27.6 Å². The highest BCUT2D eigenvalue weighted by Gasteiger charge is 2.05. The molecule has 0 radical (unpaired) electrons. The van der Waals surface area contributed by atoms with Gasteiger partial charge in [0.1, 0.15) is 5.75 Å². The van der Waals surface area contributed by atoms with Crippen molar-refractivity contribution in [1.29, 1.82) is 0 Å². The number of aliphatic hydroxyl groups excluding tert-OH is 1. The number of fused-ring (bicyclic) bond motifs is 1.